The second kappa shape index (κ2) is 4.75. The molecule has 80 valence electrons. The Morgan fingerprint density at radius 1 is 1.27 bits per heavy atom. The number of hydrogen-bond donors (Lipinski definition) is 0. The van der Waals surface area contributed by atoms with Gasteiger partial charge in [-0.05, 0) is 35.8 Å². The maximum atomic E-state index is 2.35. The Morgan fingerprint density at radius 2 is 2.13 bits per heavy atom. The summed E-state index contributed by atoms with van der Waals surface area (Å²) in [4.78, 5) is 0. The minimum Gasteiger partial charge on any atom is -0.347 e. The molecule has 2 heteroatoms. The molecule has 0 bridgehead atoms. The van der Waals surface area contributed by atoms with Crippen LogP contribution < -0.4 is 0 Å². The van der Waals surface area contributed by atoms with Crippen LogP contribution in [0.3, 0.4) is 0 Å². The normalized spacial score (nSPS) is 11.1. The summed E-state index contributed by atoms with van der Waals surface area (Å²) in [5.41, 5.74) is 2.71. The Morgan fingerprint density at radius 3 is 2.93 bits per heavy atom. The van der Waals surface area contributed by atoms with E-state index in [4.69, 9.17) is 0 Å². The molecule has 2 aromatic rings. The fourth-order valence-corrected chi connectivity index (χ4v) is 2.41. The largest absolute Gasteiger partial charge is 0.347 e. The summed E-state index contributed by atoms with van der Waals surface area (Å²) in [6, 6.07) is 8.85. The molecule has 2 rings (SSSR count). The molecule has 0 saturated heterocycles. The molecule has 0 atom stereocenters. The molecule has 0 saturated carbocycles. The SMILES string of the molecule is CCSCCn1ccc2ccc(C)cc21. The van der Waals surface area contributed by atoms with Crippen molar-refractivity contribution in [1.29, 1.82) is 0 Å². The summed E-state index contributed by atoms with van der Waals surface area (Å²) >= 11 is 2.00. The molecular formula is C13H17NS. The predicted octanol–water partition coefficient (Wildman–Crippen LogP) is 3.70. The van der Waals surface area contributed by atoms with E-state index in [2.05, 4.69) is 48.9 Å². The van der Waals surface area contributed by atoms with Gasteiger partial charge in [0.1, 0.15) is 0 Å². The third kappa shape index (κ3) is 2.37. The van der Waals surface area contributed by atoms with E-state index in [1.165, 1.54) is 28.0 Å². The number of aromatic nitrogens is 1. The Labute approximate surface area is 95.5 Å². The average Bonchev–Trinajstić information content (AvgIpc) is 2.62. The second-order valence-corrected chi connectivity index (χ2v) is 5.16. The molecule has 0 aliphatic carbocycles. The Kier molecular flexibility index (Phi) is 3.37. The minimum atomic E-state index is 1.12. The van der Waals surface area contributed by atoms with Gasteiger partial charge < -0.3 is 4.57 Å². The number of aryl methyl sites for hydroxylation is 2. The molecule has 0 N–H and O–H groups in total. The highest BCUT2D eigenvalue weighted by Crippen LogP contribution is 2.17. The summed E-state index contributed by atoms with van der Waals surface area (Å²) in [6.45, 7) is 5.48. The van der Waals surface area contributed by atoms with E-state index in [0.29, 0.717) is 0 Å². The van der Waals surface area contributed by atoms with E-state index in [9.17, 15) is 0 Å². The van der Waals surface area contributed by atoms with E-state index in [0.717, 1.165) is 6.54 Å². The first-order valence-electron chi connectivity index (χ1n) is 5.44. The Balaban J connectivity index is 2.23. The minimum absolute atomic E-state index is 1.12. The highest BCUT2D eigenvalue weighted by atomic mass is 32.2. The lowest BCUT2D eigenvalue weighted by molar-refractivity contribution is 0.807. The molecule has 0 aliphatic rings. The lowest BCUT2D eigenvalue weighted by atomic mass is 10.2. The van der Waals surface area contributed by atoms with Gasteiger partial charge in [-0.2, -0.15) is 11.8 Å². The summed E-state index contributed by atoms with van der Waals surface area (Å²) in [5.74, 6) is 2.41. The molecule has 1 aromatic carbocycles. The number of thioether (sulfide) groups is 1. The smallest absolute Gasteiger partial charge is 0.0483 e. The van der Waals surface area contributed by atoms with E-state index in [1.807, 2.05) is 11.8 Å². The summed E-state index contributed by atoms with van der Waals surface area (Å²) in [5, 5.41) is 1.35. The highest BCUT2D eigenvalue weighted by Gasteiger charge is 2.00. The van der Waals surface area contributed by atoms with Crippen molar-refractivity contribution in [3.05, 3.63) is 36.0 Å². The molecule has 0 spiro atoms. The van der Waals surface area contributed by atoms with Crippen LogP contribution in [0.2, 0.25) is 0 Å². The Bertz CT molecular complexity index is 445. The number of nitrogens with zero attached hydrogens (tertiary/aromatic N) is 1. The molecule has 15 heavy (non-hydrogen) atoms. The number of fused-ring (bicyclic) bond motifs is 1. The topological polar surface area (TPSA) is 4.93 Å². The molecule has 1 aromatic heterocycles. The predicted molar refractivity (Wildman–Crippen MR) is 69.7 cm³/mol. The molecule has 0 unspecified atom stereocenters. The zero-order chi connectivity index (χ0) is 10.7. The van der Waals surface area contributed by atoms with E-state index in [1.54, 1.807) is 0 Å². The van der Waals surface area contributed by atoms with Crippen molar-refractivity contribution in [3.8, 4) is 0 Å². The second-order valence-electron chi connectivity index (χ2n) is 3.77. The molecule has 0 amide bonds. The third-order valence-corrected chi connectivity index (χ3v) is 3.49. The number of hydrogen-bond acceptors (Lipinski definition) is 1. The average molecular weight is 219 g/mol. The van der Waals surface area contributed by atoms with Crippen LogP contribution >= 0.6 is 11.8 Å². The van der Waals surface area contributed by atoms with Crippen molar-refractivity contribution < 1.29 is 0 Å². The van der Waals surface area contributed by atoms with Gasteiger partial charge in [0.25, 0.3) is 0 Å². The third-order valence-electron chi connectivity index (χ3n) is 2.61. The van der Waals surface area contributed by atoms with Crippen molar-refractivity contribution in [1.82, 2.24) is 4.57 Å². The van der Waals surface area contributed by atoms with E-state index in [-0.39, 0.29) is 0 Å². The lowest BCUT2D eigenvalue weighted by Crippen LogP contribution is -1.98. The molecular weight excluding hydrogens is 202 g/mol. The fraction of sp³-hybridized carbons (Fsp3) is 0.385. The van der Waals surface area contributed by atoms with Gasteiger partial charge in [-0.15, -0.1) is 0 Å². The first kappa shape index (κ1) is 10.6. The monoisotopic (exact) mass is 219 g/mol. The molecule has 0 radical (unpaired) electrons. The molecule has 1 heterocycles. The Hall–Kier alpha value is -0.890. The lowest BCUT2D eigenvalue weighted by Gasteiger charge is -2.05. The van der Waals surface area contributed by atoms with Crippen molar-refractivity contribution in [3.63, 3.8) is 0 Å². The van der Waals surface area contributed by atoms with Gasteiger partial charge in [0.05, 0.1) is 0 Å². The van der Waals surface area contributed by atoms with Gasteiger partial charge in [0.15, 0.2) is 0 Å². The van der Waals surface area contributed by atoms with Gasteiger partial charge in [-0.25, -0.2) is 0 Å². The van der Waals surface area contributed by atoms with Crippen LogP contribution in [0.15, 0.2) is 30.5 Å². The van der Waals surface area contributed by atoms with Crippen molar-refractivity contribution in [2.24, 2.45) is 0 Å². The summed E-state index contributed by atoms with van der Waals surface area (Å²) in [6.07, 6.45) is 2.19. The molecule has 1 nitrogen and oxygen atoms in total. The zero-order valence-corrected chi connectivity index (χ0v) is 10.2. The van der Waals surface area contributed by atoms with Gasteiger partial charge in [0, 0.05) is 24.0 Å². The summed E-state index contributed by atoms with van der Waals surface area (Å²) in [7, 11) is 0. The number of benzene rings is 1. The maximum Gasteiger partial charge on any atom is 0.0483 e. The van der Waals surface area contributed by atoms with Crippen LogP contribution in [0.5, 0.6) is 0 Å². The maximum absolute atomic E-state index is 2.35. The van der Waals surface area contributed by atoms with Crippen LogP contribution in [0.4, 0.5) is 0 Å². The summed E-state index contributed by atoms with van der Waals surface area (Å²) < 4.78 is 2.35. The molecule has 0 aliphatic heterocycles. The highest BCUT2D eigenvalue weighted by molar-refractivity contribution is 7.99. The first-order valence-corrected chi connectivity index (χ1v) is 6.60. The van der Waals surface area contributed by atoms with Crippen LogP contribution in [0.25, 0.3) is 10.9 Å². The van der Waals surface area contributed by atoms with Gasteiger partial charge in [-0.3, -0.25) is 0 Å². The van der Waals surface area contributed by atoms with Gasteiger partial charge in [0.2, 0.25) is 0 Å². The zero-order valence-electron chi connectivity index (χ0n) is 9.36. The van der Waals surface area contributed by atoms with E-state index >= 15 is 0 Å². The van der Waals surface area contributed by atoms with Crippen LogP contribution in [0, 0.1) is 6.92 Å². The van der Waals surface area contributed by atoms with E-state index < -0.39 is 0 Å². The molecule has 0 fully saturated rings. The van der Waals surface area contributed by atoms with Crippen LogP contribution in [0.1, 0.15) is 12.5 Å². The van der Waals surface area contributed by atoms with Crippen molar-refractivity contribution >= 4 is 22.7 Å². The number of rotatable bonds is 4. The van der Waals surface area contributed by atoms with Gasteiger partial charge in [-0.1, -0.05) is 19.1 Å². The standard InChI is InChI=1S/C13H17NS/c1-3-15-9-8-14-7-6-12-5-4-11(2)10-13(12)14/h4-7,10H,3,8-9H2,1-2H3. The van der Waals surface area contributed by atoms with Crippen LogP contribution in [-0.4, -0.2) is 16.1 Å². The fourth-order valence-electron chi connectivity index (χ4n) is 1.80. The van der Waals surface area contributed by atoms with Crippen LogP contribution in [-0.2, 0) is 6.54 Å². The van der Waals surface area contributed by atoms with Gasteiger partial charge >= 0.3 is 0 Å². The quantitative estimate of drug-likeness (QED) is 0.710. The first-order chi connectivity index (χ1) is 7.31. The van der Waals surface area contributed by atoms with Crippen molar-refractivity contribution in [2.75, 3.05) is 11.5 Å². The van der Waals surface area contributed by atoms with Crippen molar-refractivity contribution in [2.45, 2.75) is 20.4 Å².